The maximum absolute atomic E-state index is 11.7. The van der Waals surface area contributed by atoms with Crippen LogP contribution in [-0.2, 0) is 0 Å². The Balaban J connectivity index is 2.36. The van der Waals surface area contributed by atoms with Crippen molar-refractivity contribution in [3.05, 3.63) is 23.8 Å². The lowest BCUT2D eigenvalue weighted by atomic mass is 10.1. The van der Waals surface area contributed by atoms with Gasteiger partial charge in [-0.25, -0.2) is 0 Å². The second-order valence-electron chi connectivity index (χ2n) is 4.88. The number of hydrogen-bond acceptors (Lipinski definition) is 3. The predicted octanol–water partition coefficient (Wildman–Crippen LogP) is 2.65. The summed E-state index contributed by atoms with van der Waals surface area (Å²) in [4.78, 5) is 11.7. The van der Waals surface area contributed by atoms with Crippen LogP contribution in [0.15, 0.2) is 18.2 Å². The van der Waals surface area contributed by atoms with E-state index in [-0.39, 0.29) is 23.0 Å². The van der Waals surface area contributed by atoms with E-state index in [1.54, 1.807) is 0 Å². The molecule has 0 atom stereocenters. The molecule has 0 radical (unpaired) electrons. The first-order valence-electron chi connectivity index (χ1n) is 6.30. The minimum atomic E-state index is -0.272. The third-order valence-corrected chi connectivity index (χ3v) is 2.66. The number of aromatic hydroxyl groups is 2. The molecule has 0 aromatic heterocycles. The quantitative estimate of drug-likeness (QED) is 0.681. The van der Waals surface area contributed by atoms with Crippen LogP contribution in [0.25, 0.3) is 0 Å². The van der Waals surface area contributed by atoms with E-state index in [2.05, 4.69) is 19.2 Å². The van der Waals surface area contributed by atoms with Gasteiger partial charge >= 0.3 is 0 Å². The molecule has 0 heterocycles. The monoisotopic (exact) mass is 251 g/mol. The van der Waals surface area contributed by atoms with Crippen LogP contribution in [0.4, 0.5) is 0 Å². The molecule has 4 nitrogen and oxygen atoms in total. The van der Waals surface area contributed by atoms with Gasteiger partial charge < -0.3 is 15.5 Å². The van der Waals surface area contributed by atoms with Crippen molar-refractivity contribution in [2.24, 2.45) is 5.92 Å². The molecule has 0 fully saturated rings. The smallest absolute Gasteiger partial charge is 0.251 e. The molecule has 0 aliphatic rings. The van der Waals surface area contributed by atoms with E-state index in [0.29, 0.717) is 12.5 Å². The third-order valence-electron chi connectivity index (χ3n) is 2.66. The number of carbonyl (C=O) groups excluding carboxylic acids is 1. The number of rotatable bonds is 6. The molecule has 3 N–H and O–H groups in total. The lowest BCUT2D eigenvalue weighted by Crippen LogP contribution is -2.24. The van der Waals surface area contributed by atoms with E-state index in [9.17, 15) is 15.0 Å². The van der Waals surface area contributed by atoms with Gasteiger partial charge in [-0.3, -0.25) is 4.79 Å². The second kappa shape index (κ2) is 6.89. The molecule has 0 unspecified atom stereocenters. The van der Waals surface area contributed by atoms with Crippen LogP contribution >= 0.6 is 0 Å². The first-order valence-corrected chi connectivity index (χ1v) is 6.30. The predicted molar refractivity (Wildman–Crippen MR) is 70.8 cm³/mol. The first kappa shape index (κ1) is 14.4. The Morgan fingerprint density at radius 2 is 1.78 bits per heavy atom. The molecule has 1 aromatic rings. The number of nitrogens with one attached hydrogen (secondary N) is 1. The zero-order valence-electron chi connectivity index (χ0n) is 10.9. The van der Waals surface area contributed by atoms with E-state index in [1.807, 2.05) is 0 Å². The van der Waals surface area contributed by atoms with Crippen molar-refractivity contribution in [3.63, 3.8) is 0 Å². The molecular formula is C14H21NO3. The van der Waals surface area contributed by atoms with Crippen molar-refractivity contribution in [1.29, 1.82) is 0 Å². The number of unbranched alkanes of at least 4 members (excludes halogenated alkanes) is 1. The summed E-state index contributed by atoms with van der Waals surface area (Å²) in [6.07, 6.45) is 3.18. The average molecular weight is 251 g/mol. The van der Waals surface area contributed by atoms with Gasteiger partial charge in [0.2, 0.25) is 0 Å². The van der Waals surface area contributed by atoms with E-state index in [4.69, 9.17) is 0 Å². The molecule has 0 saturated carbocycles. The van der Waals surface area contributed by atoms with Crippen molar-refractivity contribution < 1.29 is 15.0 Å². The summed E-state index contributed by atoms with van der Waals surface area (Å²) >= 11 is 0. The Bertz CT molecular complexity index is 382. The maximum atomic E-state index is 11.7. The zero-order chi connectivity index (χ0) is 13.5. The van der Waals surface area contributed by atoms with Gasteiger partial charge in [-0.1, -0.05) is 26.7 Å². The molecule has 100 valence electrons. The molecule has 0 aliphatic carbocycles. The lowest BCUT2D eigenvalue weighted by Gasteiger charge is -2.07. The van der Waals surface area contributed by atoms with Gasteiger partial charge in [0.25, 0.3) is 5.91 Å². The minimum Gasteiger partial charge on any atom is -0.508 e. The molecule has 4 heteroatoms. The Labute approximate surface area is 108 Å². The van der Waals surface area contributed by atoms with Crippen molar-refractivity contribution in [2.75, 3.05) is 6.54 Å². The van der Waals surface area contributed by atoms with Gasteiger partial charge in [0.15, 0.2) is 0 Å². The fourth-order valence-corrected chi connectivity index (χ4v) is 1.71. The topological polar surface area (TPSA) is 69.6 Å². The minimum absolute atomic E-state index is 0.111. The normalized spacial score (nSPS) is 10.6. The van der Waals surface area contributed by atoms with Crippen molar-refractivity contribution in [2.45, 2.75) is 33.1 Å². The van der Waals surface area contributed by atoms with Gasteiger partial charge in [-0.2, -0.15) is 0 Å². The zero-order valence-corrected chi connectivity index (χ0v) is 10.9. The highest BCUT2D eigenvalue weighted by atomic mass is 16.3. The first-order chi connectivity index (χ1) is 8.49. The van der Waals surface area contributed by atoms with Gasteiger partial charge in [0, 0.05) is 18.2 Å². The molecule has 0 bridgehead atoms. The Morgan fingerprint density at radius 1 is 1.17 bits per heavy atom. The third kappa shape index (κ3) is 5.08. The van der Waals surface area contributed by atoms with Crippen LogP contribution < -0.4 is 5.32 Å². The van der Waals surface area contributed by atoms with E-state index >= 15 is 0 Å². The standard InChI is InChI=1S/C14H21NO3/c1-10(2)5-3-4-6-15-14(18)11-7-12(16)9-13(17)8-11/h7-10,16-17H,3-6H2,1-2H3,(H,15,18). The average Bonchev–Trinajstić information content (AvgIpc) is 2.26. The van der Waals surface area contributed by atoms with Gasteiger partial charge in [-0.15, -0.1) is 0 Å². The summed E-state index contributed by atoms with van der Waals surface area (Å²) < 4.78 is 0. The van der Waals surface area contributed by atoms with Crippen LogP contribution in [0.3, 0.4) is 0 Å². The fourth-order valence-electron chi connectivity index (χ4n) is 1.71. The molecule has 0 saturated heterocycles. The molecule has 1 rings (SSSR count). The summed E-state index contributed by atoms with van der Waals surface area (Å²) in [6.45, 7) is 4.96. The van der Waals surface area contributed by atoms with Crippen LogP contribution in [0.1, 0.15) is 43.5 Å². The van der Waals surface area contributed by atoms with Gasteiger partial charge in [0.05, 0.1) is 0 Å². The SMILES string of the molecule is CC(C)CCCCNC(=O)c1cc(O)cc(O)c1. The Morgan fingerprint density at radius 3 is 2.33 bits per heavy atom. The number of carbonyl (C=O) groups is 1. The highest BCUT2D eigenvalue weighted by molar-refractivity contribution is 5.94. The van der Waals surface area contributed by atoms with Crippen molar-refractivity contribution in [1.82, 2.24) is 5.32 Å². The molecule has 18 heavy (non-hydrogen) atoms. The van der Waals surface area contributed by atoms with E-state index in [1.165, 1.54) is 18.2 Å². The highest BCUT2D eigenvalue weighted by Crippen LogP contribution is 2.20. The summed E-state index contributed by atoms with van der Waals surface area (Å²) in [5, 5.41) is 21.3. The maximum Gasteiger partial charge on any atom is 0.251 e. The Kier molecular flexibility index (Phi) is 5.49. The largest absolute Gasteiger partial charge is 0.508 e. The molecule has 0 aliphatic heterocycles. The van der Waals surface area contributed by atoms with E-state index in [0.717, 1.165) is 19.3 Å². The van der Waals surface area contributed by atoms with Gasteiger partial charge in [-0.05, 0) is 24.5 Å². The van der Waals surface area contributed by atoms with Gasteiger partial charge in [0.1, 0.15) is 11.5 Å². The van der Waals surface area contributed by atoms with Crippen LogP contribution in [-0.4, -0.2) is 22.7 Å². The summed E-state index contributed by atoms with van der Waals surface area (Å²) in [5.41, 5.74) is 0.274. The van der Waals surface area contributed by atoms with E-state index < -0.39 is 0 Å². The van der Waals surface area contributed by atoms with Crippen LogP contribution in [0, 0.1) is 5.92 Å². The second-order valence-corrected chi connectivity index (χ2v) is 4.88. The number of phenols is 2. The number of benzene rings is 1. The Hall–Kier alpha value is -1.71. The summed E-state index contributed by atoms with van der Waals surface area (Å²) in [7, 11) is 0. The van der Waals surface area contributed by atoms with Crippen LogP contribution in [0.5, 0.6) is 11.5 Å². The summed E-state index contributed by atoms with van der Waals surface area (Å²) in [5.74, 6) is 0.189. The highest BCUT2D eigenvalue weighted by Gasteiger charge is 2.07. The molecule has 0 spiro atoms. The number of phenolic OH excluding ortho intramolecular Hbond substituents is 2. The molecule has 1 aromatic carbocycles. The fraction of sp³-hybridized carbons (Fsp3) is 0.500. The van der Waals surface area contributed by atoms with Crippen molar-refractivity contribution >= 4 is 5.91 Å². The number of hydrogen-bond donors (Lipinski definition) is 3. The van der Waals surface area contributed by atoms with Crippen LogP contribution in [0.2, 0.25) is 0 Å². The number of amides is 1. The van der Waals surface area contributed by atoms with Crippen molar-refractivity contribution in [3.8, 4) is 11.5 Å². The summed E-state index contributed by atoms with van der Waals surface area (Å²) in [6, 6.07) is 3.87. The molecular weight excluding hydrogens is 230 g/mol. The lowest BCUT2D eigenvalue weighted by molar-refractivity contribution is 0.0952. The molecule has 1 amide bonds.